The molecule has 0 fully saturated rings. The molecule has 1 N–H and O–H groups in total. The number of hydrogen-bond donors (Lipinski definition) is 1. The van der Waals surface area contributed by atoms with Crippen LogP contribution in [0.4, 0.5) is 0 Å². The fourth-order valence-corrected chi connectivity index (χ4v) is 2.79. The van der Waals surface area contributed by atoms with E-state index in [4.69, 9.17) is 11.6 Å². The number of aryl methyl sites for hydroxylation is 2. The van der Waals surface area contributed by atoms with Crippen LogP contribution in [-0.4, -0.2) is 41.1 Å². The minimum atomic E-state index is 0.747. The molecular weight excluding hydrogens is 310 g/mol. The van der Waals surface area contributed by atoms with Crippen LogP contribution >= 0.6 is 11.6 Å². The number of halogens is 1. The topological polar surface area (TPSA) is 45.5 Å². The molecule has 2 heterocycles. The first-order valence-corrected chi connectivity index (χ1v) is 8.01. The molecule has 0 radical (unpaired) electrons. The van der Waals surface area contributed by atoms with Crippen LogP contribution < -0.4 is 5.32 Å². The highest BCUT2D eigenvalue weighted by Crippen LogP contribution is 2.14. The molecule has 6 heteroatoms. The highest BCUT2D eigenvalue weighted by Gasteiger charge is 2.09. The number of pyridine rings is 1. The first kappa shape index (κ1) is 17.3. The Morgan fingerprint density at radius 1 is 1.48 bits per heavy atom. The molecule has 5 nitrogen and oxygen atoms in total. The second-order valence-corrected chi connectivity index (χ2v) is 6.08. The smallest absolute Gasteiger partial charge is 0.193 e. The zero-order valence-corrected chi connectivity index (χ0v) is 14.9. The van der Waals surface area contributed by atoms with Gasteiger partial charge in [0.05, 0.1) is 11.6 Å². The summed E-state index contributed by atoms with van der Waals surface area (Å²) in [6.45, 7) is 3.66. The molecule has 2 aromatic rings. The van der Waals surface area contributed by atoms with Gasteiger partial charge in [-0.25, -0.2) is 0 Å². The van der Waals surface area contributed by atoms with Crippen molar-refractivity contribution >= 4 is 17.6 Å². The van der Waals surface area contributed by atoms with E-state index < -0.39 is 0 Å². The van der Waals surface area contributed by atoms with E-state index in [-0.39, 0.29) is 0 Å². The van der Waals surface area contributed by atoms with Gasteiger partial charge in [0, 0.05) is 52.0 Å². The first-order valence-electron chi connectivity index (χ1n) is 7.63. The van der Waals surface area contributed by atoms with Crippen molar-refractivity contribution in [3.8, 4) is 0 Å². The van der Waals surface area contributed by atoms with Crippen molar-refractivity contribution < 1.29 is 0 Å². The van der Waals surface area contributed by atoms with Crippen molar-refractivity contribution in [2.24, 2.45) is 12.0 Å². The Bertz CT molecular complexity index is 677. The van der Waals surface area contributed by atoms with Gasteiger partial charge in [0.2, 0.25) is 0 Å². The summed E-state index contributed by atoms with van der Waals surface area (Å²) in [5, 5.41) is 4.16. The van der Waals surface area contributed by atoms with Crippen LogP contribution in [0.25, 0.3) is 0 Å². The van der Waals surface area contributed by atoms with Crippen LogP contribution in [0.15, 0.2) is 35.7 Å². The Labute approximate surface area is 143 Å². The van der Waals surface area contributed by atoms with E-state index in [1.165, 1.54) is 11.1 Å². The van der Waals surface area contributed by atoms with Crippen LogP contribution in [0.2, 0.25) is 5.02 Å². The first-order chi connectivity index (χ1) is 11.0. The Morgan fingerprint density at radius 2 is 2.26 bits per heavy atom. The van der Waals surface area contributed by atoms with Crippen LogP contribution in [-0.2, 0) is 20.0 Å². The van der Waals surface area contributed by atoms with Gasteiger partial charge in [0.25, 0.3) is 0 Å². The molecule has 124 valence electrons. The molecule has 0 atom stereocenters. The lowest BCUT2D eigenvalue weighted by Gasteiger charge is -2.22. The standard InChI is InChI=1S/C17H24ClN5/c1-13-10-20-7-5-14(13)6-8-21-17(19-2)23(4)12-16-9-15(18)11-22(16)3/h5,7,9-11H,6,8,12H2,1-4H3,(H,19,21). The number of guanidine groups is 1. The molecule has 0 unspecified atom stereocenters. The van der Waals surface area contributed by atoms with E-state index in [0.717, 1.165) is 36.2 Å². The SMILES string of the molecule is CN=C(NCCc1ccncc1C)N(C)Cc1cc(Cl)cn1C. The summed E-state index contributed by atoms with van der Waals surface area (Å²) in [7, 11) is 5.82. The van der Waals surface area contributed by atoms with Crippen LogP contribution in [0.3, 0.4) is 0 Å². The van der Waals surface area contributed by atoms with Gasteiger partial charge in [-0.2, -0.15) is 0 Å². The van der Waals surface area contributed by atoms with Gasteiger partial charge in [0.1, 0.15) is 0 Å². The summed E-state index contributed by atoms with van der Waals surface area (Å²) in [6, 6.07) is 4.04. The third-order valence-corrected chi connectivity index (χ3v) is 4.07. The molecule has 0 aliphatic heterocycles. The third kappa shape index (κ3) is 4.73. The summed E-state index contributed by atoms with van der Waals surface area (Å²) in [5.41, 5.74) is 3.67. The van der Waals surface area contributed by atoms with E-state index in [2.05, 4.69) is 33.2 Å². The van der Waals surface area contributed by atoms with Gasteiger partial charge >= 0.3 is 0 Å². The predicted octanol–water partition coefficient (Wildman–Crippen LogP) is 2.63. The van der Waals surface area contributed by atoms with Gasteiger partial charge in [0.15, 0.2) is 5.96 Å². The number of aromatic nitrogens is 2. The summed E-state index contributed by atoms with van der Waals surface area (Å²) >= 11 is 6.04. The third-order valence-electron chi connectivity index (χ3n) is 3.86. The summed E-state index contributed by atoms with van der Waals surface area (Å²) < 4.78 is 2.03. The lowest BCUT2D eigenvalue weighted by molar-refractivity contribution is 0.462. The summed E-state index contributed by atoms with van der Waals surface area (Å²) in [6.07, 6.45) is 6.59. The fourth-order valence-electron chi connectivity index (χ4n) is 2.52. The number of rotatable bonds is 5. The number of nitrogens with zero attached hydrogens (tertiary/aromatic N) is 4. The minimum Gasteiger partial charge on any atom is -0.356 e. The number of nitrogens with one attached hydrogen (secondary N) is 1. The van der Waals surface area contributed by atoms with E-state index >= 15 is 0 Å². The Morgan fingerprint density at radius 3 is 2.87 bits per heavy atom. The van der Waals surface area contributed by atoms with E-state index in [1.807, 2.05) is 43.3 Å². The molecule has 0 bridgehead atoms. The minimum absolute atomic E-state index is 0.747. The second-order valence-electron chi connectivity index (χ2n) is 5.64. The highest BCUT2D eigenvalue weighted by molar-refractivity contribution is 6.30. The number of hydrogen-bond acceptors (Lipinski definition) is 2. The average molecular weight is 334 g/mol. The predicted molar refractivity (Wildman–Crippen MR) is 95.9 cm³/mol. The lowest BCUT2D eigenvalue weighted by Crippen LogP contribution is -2.39. The quantitative estimate of drug-likeness (QED) is 0.676. The molecule has 2 aromatic heterocycles. The van der Waals surface area contributed by atoms with E-state index in [1.54, 1.807) is 7.05 Å². The molecule has 0 spiro atoms. The highest BCUT2D eigenvalue weighted by atomic mass is 35.5. The second kappa shape index (κ2) is 8.02. The monoisotopic (exact) mass is 333 g/mol. The molecule has 23 heavy (non-hydrogen) atoms. The van der Waals surface area contributed by atoms with Gasteiger partial charge in [-0.3, -0.25) is 9.98 Å². The average Bonchev–Trinajstić information content (AvgIpc) is 2.83. The van der Waals surface area contributed by atoms with Crippen molar-refractivity contribution in [2.75, 3.05) is 20.6 Å². The zero-order valence-electron chi connectivity index (χ0n) is 14.2. The van der Waals surface area contributed by atoms with Gasteiger partial charge in [-0.1, -0.05) is 11.6 Å². The Kier molecular flexibility index (Phi) is 6.04. The van der Waals surface area contributed by atoms with Crippen LogP contribution in [0.1, 0.15) is 16.8 Å². The van der Waals surface area contributed by atoms with Crippen molar-refractivity contribution in [3.63, 3.8) is 0 Å². The van der Waals surface area contributed by atoms with Crippen molar-refractivity contribution in [3.05, 3.63) is 52.6 Å². The molecule has 2 rings (SSSR count). The van der Waals surface area contributed by atoms with Crippen molar-refractivity contribution in [1.82, 2.24) is 19.8 Å². The van der Waals surface area contributed by atoms with E-state index in [0.29, 0.717) is 0 Å². The van der Waals surface area contributed by atoms with Crippen molar-refractivity contribution in [1.29, 1.82) is 0 Å². The number of aliphatic imine (C=N–C) groups is 1. The lowest BCUT2D eigenvalue weighted by atomic mass is 10.1. The molecule has 0 aliphatic carbocycles. The van der Waals surface area contributed by atoms with Gasteiger partial charge in [-0.15, -0.1) is 0 Å². The maximum Gasteiger partial charge on any atom is 0.193 e. The zero-order chi connectivity index (χ0) is 16.8. The Balaban J connectivity index is 1.90. The summed E-state index contributed by atoms with van der Waals surface area (Å²) in [5.74, 6) is 0.869. The summed E-state index contributed by atoms with van der Waals surface area (Å²) in [4.78, 5) is 10.6. The van der Waals surface area contributed by atoms with Crippen LogP contribution in [0.5, 0.6) is 0 Å². The largest absolute Gasteiger partial charge is 0.356 e. The molecule has 0 aromatic carbocycles. The van der Waals surface area contributed by atoms with Crippen molar-refractivity contribution in [2.45, 2.75) is 19.9 Å². The van der Waals surface area contributed by atoms with Crippen LogP contribution in [0, 0.1) is 6.92 Å². The maximum absolute atomic E-state index is 6.04. The molecular formula is C17H24ClN5. The molecule has 0 amide bonds. The van der Waals surface area contributed by atoms with E-state index in [9.17, 15) is 0 Å². The Hall–Kier alpha value is -2.01. The van der Waals surface area contributed by atoms with Gasteiger partial charge in [-0.05, 0) is 36.6 Å². The van der Waals surface area contributed by atoms with Gasteiger partial charge < -0.3 is 14.8 Å². The molecule has 0 saturated heterocycles. The molecule has 0 aliphatic rings. The normalized spacial score (nSPS) is 11.6. The molecule has 0 saturated carbocycles. The fraction of sp³-hybridized carbons (Fsp3) is 0.412. The maximum atomic E-state index is 6.04.